The summed E-state index contributed by atoms with van der Waals surface area (Å²) in [5, 5.41) is 0.298. The zero-order chi connectivity index (χ0) is 22.5. The maximum Gasteiger partial charge on any atom is 0.266 e. The summed E-state index contributed by atoms with van der Waals surface area (Å²) in [4.78, 5) is 21.1. The molecular formula is C22H23F2N3O4S. The average molecular weight is 464 g/mol. The summed E-state index contributed by atoms with van der Waals surface area (Å²) in [6.45, 7) is 3.47. The Balaban J connectivity index is 1.55. The minimum Gasteiger partial charge on any atom is -0.493 e. The monoisotopic (exact) mass is 463 g/mol. The van der Waals surface area contributed by atoms with E-state index >= 15 is 0 Å². The number of amides is 1. The molecule has 1 amide bonds. The lowest BCUT2D eigenvalue weighted by Crippen LogP contribution is -2.44. The zero-order valence-electron chi connectivity index (χ0n) is 17.6. The maximum absolute atomic E-state index is 14.2. The highest BCUT2D eigenvalue weighted by Crippen LogP contribution is 2.32. The van der Waals surface area contributed by atoms with Gasteiger partial charge in [-0.25, -0.2) is 13.8 Å². The van der Waals surface area contributed by atoms with Crippen LogP contribution in [0.5, 0.6) is 11.5 Å². The second-order valence-electron chi connectivity index (χ2n) is 7.17. The number of carbonyl (C=O) groups excluding carboxylic acids is 1. The van der Waals surface area contributed by atoms with E-state index in [-0.39, 0.29) is 18.0 Å². The van der Waals surface area contributed by atoms with E-state index in [1.807, 2.05) is 0 Å². The molecule has 4 rings (SSSR count). The van der Waals surface area contributed by atoms with Gasteiger partial charge in [0.1, 0.15) is 11.3 Å². The predicted molar refractivity (Wildman–Crippen MR) is 118 cm³/mol. The van der Waals surface area contributed by atoms with Gasteiger partial charge < -0.3 is 14.2 Å². The summed E-state index contributed by atoms with van der Waals surface area (Å²) < 4.78 is 44.5. The number of morpholine rings is 1. The molecule has 0 N–H and O–H groups in total. The van der Waals surface area contributed by atoms with Gasteiger partial charge in [-0.15, -0.1) is 0 Å². The number of aromatic nitrogens is 1. The minimum absolute atomic E-state index is 0.0428. The molecule has 3 aromatic rings. The highest BCUT2D eigenvalue weighted by atomic mass is 32.1. The molecule has 1 aliphatic heterocycles. The van der Waals surface area contributed by atoms with Gasteiger partial charge in [-0.05, 0) is 18.2 Å². The molecule has 170 valence electrons. The molecule has 0 bridgehead atoms. The van der Waals surface area contributed by atoms with E-state index in [1.165, 1.54) is 18.1 Å². The van der Waals surface area contributed by atoms with Crippen molar-refractivity contribution in [2.45, 2.75) is 0 Å². The zero-order valence-corrected chi connectivity index (χ0v) is 18.4. The van der Waals surface area contributed by atoms with Crippen LogP contribution >= 0.6 is 11.3 Å². The first kappa shape index (κ1) is 22.4. The molecule has 0 unspecified atom stereocenters. The number of ether oxygens (including phenoxy) is 3. The second-order valence-corrected chi connectivity index (χ2v) is 8.18. The predicted octanol–water partition coefficient (Wildman–Crippen LogP) is 3.33. The SMILES string of the molecule is COc1ccccc1OCC(=O)N(CCN1CCOCC1)c1nc2c(F)cc(F)cc2s1. The number of methoxy groups -OCH3 is 1. The van der Waals surface area contributed by atoms with Crippen molar-refractivity contribution in [3.8, 4) is 11.5 Å². The van der Waals surface area contributed by atoms with Gasteiger partial charge in [0.2, 0.25) is 0 Å². The molecule has 10 heteroatoms. The molecule has 1 aliphatic rings. The van der Waals surface area contributed by atoms with Crippen molar-refractivity contribution in [3.05, 3.63) is 48.0 Å². The molecule has 0 atom stereocenters. The molecule has 7 nitrogen and oxygen atoms in total. The summed E-state index contributed by atoms with van der Waals surface area (Å²) in [6, 6.07) is 9.04. The summed E-state index contributed by atoms with van der Waals surface area (Å²) in [5.41, 5.74) is 0.0428. The van der Waals surface area contributed by atoms with Crippen molar-refractivity contribution < 1.29 is 27.8 Å². The quantitative estimate of drug-likeness (QED) is 0.511. The smallest absolute Gasteiger partial charge is 0.266 e. The number of halogens is 2. The fourth-order valence-corrected chi connectivity index (χ4v) is 4.46. The Morgan fingerprint density at radius 2 is 1.97 bits per heavy atom. The number of fused-ring (bicyclic) bond motifs is 1. The summed E-state index contributed by atoms with van der Waals surface area (Å²) in [7, 11) is 1.52. The maximum atomic E-state index is 14.2. The van der Waals surface area contributed by atoms with Gasteiger partial charge in [-0.1, -0.05) is 23.5 Å². The first-order chi connectivity index (χ1) is 15.5. The van der Waals surface area contributed by atoms with Gasteiger partial charge in [-0.2, -0.15) is 0 Å². The van der Waals surface area contributed by atoms with Crippen molar-refractivity contribution in [1.29, 1.82) is 0 Å². The van der Waals surface area contributed by atoms with Crippen LogP contribution in [0.25, 0.3) is 10.2 Å². The normalized spacial score (nSPS) is 14.5. The second kappa shape index (κ2) is 10.2. The molecule has 0 radical (unpaired) electrons. The van der Waals surface area contributed by atoms with Crippen molar-refractivity contribution >= 4 is 32.6 Å². The van der Waals surface area contributed by atoms with Crippen LogP contribution in [-0.2, 0) is 9.53 Å². The lowest BCUT2D eigenvalue weighted by molar-refractivity contribution is -0.120. The molecule has 0 aliphatic carbocycles. The highest BCUT2D eigenvalue weighted by Gasteiger charge is 2.23. The van der Waals surface area contributed by atoms with Crippen LogP contribution in [0.3, 0.4) is 0 Å². The number of nitrogens with zero attached hydrogens (tertiary/aromatic N) is 3. The van der Waals surface area contributed by atoms with Crippen LogP contribution in [0.4, 0.5) is 13.9 Å². The van der Waals surface area contributed by atoms with Gasteiger partial charge in [0.25, 0.3) is 5.91 Å². The van der Waals surface area contributed by atoms with Gasteiger partial charge >= 0.3 is 0 Å². The third-order valence-corrected chi connectivity index (χ3v) is 6.12. The van der Waals surface area contributed by atoms with Crippen molar-refractivity contribution in [2.24, 2.45) is 0 Å². The summed E-state index contributed by atoms with van der Waals surface area (Å²) >= 11 is 1.07. The van der Waals surface area contributed by atoms with E-state index in [0.29, 0.717) is 47.6 Å². The minimum atomic E-state index is -0.756. The molecule has 0 saturated carbocycles. The third kappa shape index (κ3) is 5.14. The summed E-state index contributed by atoms with van der Waals surface area (Å²) in [5.74, 6) is -0.833. The highest BCUT2D eigenvalue weighted by molar-refractivity contribution is 7.22. The largest absolute Gasteiger partial charge is 0.493 e. The summed E-state index contributed by atoms with van der Waals surface area (Å²) in [6.07, 6.45) is 0. The molecule has 2 heterocycles. The number of hydrogen-bond donors (Lipinski definition) is 0. The standard InChI is InChI=1S/C22H23F2N3O4S/c1-29-17-4-2-3-5-18(17)31-14-20(28)27(7-6-26-8-10-30-11-9-26)22-25-21-16(24)12-15(23)13-19(21)32-22/h2-5,12-13H,6-11,14H2,1H3. The van der Waals surface area contributed by atoms with E-state index in [0.717, 1.165) is 30.5 Å². The Hall–Kier alpha value is -2.82. The Labute approximate surface area is 188 Å². The number of rotatable bonds is 8. The van der Waals surface area contributed by atoms with Crippen LogP contribution in [-0.4, -0.2) is 68.9 Å². The van der Waals surface area contributed by atoms with Gasteiger partial charge in [-0.3, -0.25) is 14.6 Å². The van der Waals surface area contributed by atoms with Crippen LogP contribution < -0.4 is 14.4 Å². The van der Waals surface area contributed by atoms with E-state index < -0.39 is 11.6 Å². The Morgan fingerprint density at radius 3 is 2.72 bits per heavy atom. The van der Waals surface area contributed by atoms with Crippen LogP contribution in [0, 0.1) is 11.6 Å². The van der Waals surface area contributed by atoms with Gasteiger partial charge in [0, 0.05) is 32.2 Å². The molecule has 1 saturated heterocycles. The van der Waals surface area contributed by atoms with E-state index in [2.05, 4.69) is 9.88 Å². The van der Waals surface area contributed by atoms with Crippen LogP contribution in [0.15, 0.2) is 36.4 Å². The number of para-hydroxylation sites is 2. The molecule has 32 heavy (non-hydrogen) atoms. The van der Waals surface area contributed by atoms with E-state index in [4.69, 9.17) is 14.2 Å². The number of hydrogen-bond acceptors (Lipinski definition) is 7. The molecule has 1 aromatic heterocycles. The fourth-order valence-electron chi connectivity index (χ4n) is 3.41. The lowest BCUT2D eigenvalue weighted by atomic mass is 10.3. The molecule has 0 spiro atoms. The number of benzene rings is 2. The number of thiazole rings is 1. The average Bonchev–Trinajstić information content (AvgIpc) is 3.22. The van der Waals surface area contributed by atoms with Crippen molar-refractivity contribution in [2.75, 3.05) is 58.0 Å². The molecule has 2 aromatic carbocycles. The van der Waals surface area contributed by atoms with Gasteiger partial charge in [0.15, 0.2) is 29.1 Å². The Bertz CT molecular complexity index is 1090. The Kier molecular flexibility index (Phi) is 7.13. The van der Waals surface area contributed by atoms with Crippen molar-refractivity contribution in [1.82, 2.24) is 9.88 Å². The van der Waals surface area contributed by atoms with Crippen LogP contribution in [0.1, 0.15) is 0 Å². The fraction of sp³-hybridized carbons (Fsp3) is 0.364. The number of carbonyl (C=O) groups is 1. The van der Waals surface area contributed by atoms with Crippen LogP contribution in [0.2, 0.25) is 0 Å². The van der Waals surface area contributed by atoms with E-state index in [9.17, 15) is 13.6 Å². The first-order valence-electron chi connectivity index (χ1n) is 10.2. The lowest BCUT2D eigenvalue weighted by Gasteiger charge is -2.29. The third-order valence-electron chi connectivity index (χ3n) is 5.10. The van der Waals surface area contributed by atoms with Gasteiger partial charge in [0.05, 0.1) is 25.0 Å². The van der Waals surface area contributed by atoms with E-state index in [1.54, 1.807) is 24.3 Å². The number of anilines is 1. The van der Waals surface area contributed by atoms with Crippen molar-refractivity contribution in [3.63, 3.8) is 0 Å². The molecule has 1 fully saturated rings. The topological polar surface area (TPSA) is 64.1 Å². The first-order valence-corrected chi connectivity index (χ1v) is 11.0. The molecular weight excluding hydrogens is 440 g/mol. The Morgan fingerprint density at radius 1 is 1.22 bits per heavy atom.